The third kappa shape index (κ3) is 69.4. The Balaban J connectivity index is -0.000000130. The molecule has 23 nitrogen and oxygen atoms in total. The number of aromatic nitrogens is 22. The molecule has 0 aliphatic heterocycles. The predicted molar refractivity (Wildman–Crippen MR) is 476 cm³/mol. The van der Waals surface area contributed by atoms with Crippen LogP contribution in [-0.2, 0) is 84.3 Å². The van der Waals surface area contributed by atoms with E-state index >= 15 is 0 Å². The molecule has 6 aromatic carbocycles. The number of imidazole rings is 1. The van der Waals surface area contributed by atoms with Crippen LogP contribution in [0.15, 0.2) is 219 Å². The number of rotatable bonds is 3. The minimum Gasteiger partial charge on any atom is -0.482 e. The smallest absolute Gasteiger partial charge is 0.482 e. The standard InChI is InChI=1S/C9H9N.2C9H8.C8H8N2.C8H7N.C7H7N3.C4H6N4.4C4H5N3.10C2H6.3W/c1-10-7-6-8-4-2-3-5-9(8)10;1-8(2)9-6-4-3-5-7-9;1-2-6-9-7-4-3-5-8-9;1-10-6-9-7-4-2-3-5-8(7)10;1-2-9-8-6-4-3-5-7-8;1-10-7-5-3-2-4-6(7)8-9-10;1-3-5-7-4(2)8-6-3;1-4-6-2-5-3-7-4;1-4-2-6-7-3-5-4;1-4-2-5-3-6-7-4;1-4-5-2-3-6-7-4;10*1-2;;;/h2-7H,1H3;1,3-6H,2H3;3-7H,1H3;2-6H,1H3;3-6H,1H3;2-5H,1H3;1-2H3;4*2-3H,1H3;10*1-2H3;;;/q;2*-2;;-2;;;;;;;;;;;;;;;;;3*+2. The van der Waals surface area contributed by atoms with E-state index in [1.807, 2.05) is 319 Å². The van der Waals surface area contributed by atoms with E-state index in [-0.39, 0.29) is 63.2 Å². The van der Waals surface area contributed by atoms with Gasteiger partial charge in [-0.2, -0.15) is 64.0 Å². The first-order chi connectivity index (χ1) is 55.2. The summed E-state index contributed by atoms with van der Waals surface area (Å²) in [6.45, 7) is 61.8. The maximum atomic E-state index is 5.50. The monoisotopic (exact) mass is 2090 g/mol. The van der Waals surface area contributed by atoms with Crippen molar-refractivity contribution in [2.24, 2.45) is 26.1 Å². The molecule has 8 aromatic heterocycles. The molecule has 626 valence electrons. The number of fused-ring (bicyclic) bond motifs is 3. The van der Waals surface area contributed by atoms with Gasteiger partial charge in [-0.25, -0.2) is 75.6 Å². The zero-order valence-corrected chi connectivity index (χ0v) is 84.2. The van der Waals surface area contributed by atoms with Gasteiger partial charge in [-0.15, -0.1) is 73.7 Å². The molecule has 0 N–H and O–H groups in total. The van der Waals surface area contributed by atoms with Gasteiger partial charge in [-0.1, -0.05) is 186 Å². The van der Waals surface area contributed by atoms with Crippen LogP contribution in [0.4, 0.5) is 5.69 Å². The molecule has 8 heterocycles. The average molecular weight is 2090 g/mol. The van der Waals surface area contributed by atoms with Crippen molar-refractivity contribution in [3.8, 4) is 0 Å². The first kappa shape index (κ1) is 127. The number of hydrogen-bond donors (Lipinski definition) is 0. The number of allylic oxidation sites excluding steroid dienone is 2. The maximum absolute atomic E-state index is 5.50. The average Bonchev–Trinajstić information content (AvgIpc) is 1.72. The molecule has 0 fully saturated rings. The number of nitrogens with zero attached hydrogens (tertiary/aromatic N) is 23. The van der Waals surface area contributed by atoms with Crippen LogP contribution in [0.2, 0.25) is 0 Å². The van der Waals surface area contributed by atoms with E-state index in [2.05, 4.69) is 186 Å². The maximum Gasteiger partial charge on any atom is 2.00 e. The molecular formula is C90H133N23W3. The number of aliphatic imine (C=N–C) groups is 1. The predicted octanol–water partition coefficient (Wildman–Crippen LogP) is 22.3. The van der Waals surface area contributed by atoms with E-state index in [1.54, 1.807) is 57.2 Å². The summed E-state index contributed by atoms with van der Waals surface area (Å²) in [6, 6.07) is 58.5. The molecule has 0 amide bonds. The Bertz CT molecular complexity index is 3870. The van der Waals surface area contributed by atoms with E-state index in [4.69, 9.17) is 6.58 Å². The van der Waals surface area contributed by atoms with Crippen molar-refractivity contribution >= 4 is 56.5 Å². The Morgan fingerprint density at radius 3 is 1.28 bits per heavy atom. The Labute approximate surface area is 742 Å². The number of aryl methyl sites for hydroxylation is 9. The molecule has 0 bridgehead atoms. The fourth-order valence-electron chi connectivity index (χ4n) is 6.71. The first-order valence-corrected chi connectivity index (χ1v) is 38.5. The molecule has 0 saturated heterocycles. The molecule has 116 heavy (non-hydrogen) atoms. The second-order valence-corrected chi connectivity index (χ2v) is 18.7. The van der Waals surface area contributed by atoms with Gasteiger partial charge in [0, 0.05) is 39.1 Å². The van der Waals surface area contributed by atoms with Gasteiger partial charge in [-0.3, -0.25) is 6.07 Å². The third-order valence-electron chi connectivity index (χ3n) is 11.2. The van der Waals surface area contributed by atoms with E-state index in [0.717, 1.165) is 56.1 Å². The minimum absolute atomic E-state index is 0. The van der Waals surface area contributed by atoms with Gasteiger partial charge < -0.3 is 49.6 Å². The van der Waals surface area contributed by atoms with Crippen LogP contribution in [0.3, 0.4) is 0 Å². The van der Waals surface area contributed by atoms with Crippen molar-refractivity contribution in [1.29, 1.82) is 0 Å². The zero-order chi connectivity index (χ0) is 87.1. The molecule has 0 aliphatic carbocycles. The van der Waals surface area contributed by atoms with Gasteiger partial charge in [0.05, 0.1) is 52.9 Å². The quantitative estimate of drug-likeness (QED) is 0.117. The zero-order valence-electron chi connectivity index (χ0n) is 75.4. The van der Waals surface area contributed by atoms with Gasteiger partial charge in [0.1, 0.15) is 42.5 Å². The van der Waals surface area contributed by atoms with Crippen molar-refractivity contribution < 1.29 is 63.2 Å². The molecule has 0 aliphatic rings. The third-order valence-corrected chi connectivity index (χ3v) is 11.2. The van der Waals surface area contributed by atoms with Gasteiger partial charge in [-0.05, 0) is 83.3 Å². The molecule has 14 rings (SSSR count). The van der Waals surface area contributed by atoms with Crippen molar-refractivity contribution in [3.05, 3.63) is 291 Å². The Kier molecular flexibility index (Phi) is 106. The van der Waals surface area contributed by atoms with Crippen LogP contribution < -0.4 is 0 Å². The van der Waals surface area contributed by atoms with Crippen LogP contribution in [-0.4, -0.2) is 116 Å². The topological polar surface area (TPSA) is 272 Å². The van der Waals surface area contributed by atoms with Crippen molar-refractivity contribution in [3.63, 3.8) is 0 Å². The van der Waals surface area contributed by atoms with E-state index in [0.29, 0.717) is 17.5 Å². The van der Waals surface area contributed by atoms with Gasteiger partial charge in [0.2, 0.25) is 0 Å². The summed E-state index contributed by atoms with van der Waals surface area (Å²) in [6.07, 6.45) is 23.6. The molecule has 26 heteroatoms. The summed E-state index contributed by atoms with van der Waals surface area (Å²) in [5, 5.41) is 45.2. The van der Waals surface area contributed by atoms with Crippen molar-refractivity contribution in [2.45, 2.75) is 201 Å². The summed E-state index contributed by atoms with van der Waals surface area (Å²) >= 11 is 0. The van der Waals surface area contributed by atoms with Crippen LogP contribution >= 0.6 is 0 Å². The van der Waals surface area contributed by atoms with E-state index < -0.39 is 0 Å². The molecular weight excluding hydrogens is 1950 g/mol. The summed E-state index contributed by atoms with van der Waals surface area (Å²) in [5.41, 5.74) is 11.0. The number of para-hydroxylation sites is 5. The summed E-state index contributed by atoms with van der Waals surface area (Å²) in [5.74, 6) is 2.68. The number of hydrogen-bond acceptors (Lipinski definition) is 20. The first-order valence-electron chi connectivity index (χ1n) is 38.5. The van der Waals surface area contributed by atoms with Crippen LogP contribution in [0.5, 0.6) is 0 Å². The second-order valence-electron chi connectivity index (χ2n) is 18.7. The summed E-state index contributed by atoms with van der Waals surface area (Å²) < 4.78 is 5.89. The van der Waals surface area contributed by atoms with Crippen LogP contribution in [0, 0.1) is 72.4 Å². The molecule has 0 saturated carbocycles. The van der Waals surface area contributed by atoms with E-state index in [9.17, 15) is 0 Å². The normalized spacial score (nSPS) is 8.28. The summed E-state index contributed by atoms with van der Waals surface area (Å²) in [7, 11) is 5.94. The minimum atomic E-state index is 0. The van der Waals surface area contributed by atoms with Gasteiger partial charge in [0.15, 0.2) is 11.6 Å². The fourth-order valence-corrected chi connectivity index (χ4v) is 6.71. The molecule has 0 spiro atoms. The molecule has 0 unspecified atom stereocenters. The molecule has 14 aromatic rings. The largest absolute Gasteiger partial charge is 2.00 e. The summed E-state index contributed by atoms with van der Waals surface area (Å²) in [4.78, 5) is 30.5. The Hall–Kier alpha value is -10.1. The van der Waals surface area contributed by atoms with Crippen LogP contribution in [0.1, 0.15) is 205 Å². The second kappa shape index (κ2) is 97.3. The van der Waals surface area contributed by atoms with Gasteiger partial charge >= 0.3 is 63.2 Å². The SMILES string of the molecule is CC.CC.CC.CC.CC.CC.CC.CC.CC.CC.C[C-]=Cc1[c-]cccc1.C[C-]=Nc1[c-]cccc1.Cc1cncnn1.Cc1cnncn1.Cc1nccnn1.Cc1ncncn1.Cc1nnc(C)nn1.Cn1ccc2ccccc21.Cn1cnc2ccccc21.Cn1nnc2ccccc21.[CH-]=C(C)c1[c-]cccc1.[W+2].[W+2].[W+2]. The fraction of sp³-hybridized carbons (Fsp3) is 0.356. The molecule has 0 radical (unpaired) electrons. The molecule has 0 atom stereocenters. The van der Waals surface area contributed by atoms with Crippen molar-refractivity contribution in [2.75, 3.05) is 0 Å². The van der Waals surface area contributed by atoms with Crippen LogP contribution in [0.25, 0.3) is 44.6 Å². The van der Waals surface area contributed by atoms with Crippen molar-refractivity contribution in [1.82, 2.24) is 110 Å². The Morgan fingerprint density at radius 2 is 0.914 bits per heavy atom. The Morgan fingerprint density at radius 1 is 0.405 bits per heavy atom. The van der Waals surface area contributed by atoms with E-state index in [1.165, 1.54) is 41.7 Å². The van der Waals surface area contributed by atoms with Gasteiger partial charge in [0.25, 0.3) is 0 Å². The number of benzene rings is 6.